The van der Waals surface area contributed by atoms with Crippen LogP contribution in [0, 0.1) is 0 Å². The molecule has 1 N–H and O–H groups in total. The molecule has 0 fully saturated rings. The highest BCUT2D eigenvalue weighted by Crippen LogP contribution is 2.26. The first-order valence-electron chi connectivity index (χ1n) is 7.35. The van der Waals surface area contributed by atoms with Gasteiger partial charge in [0.15, 0.2) is 0 Å². The van der Waals surface area contributed by atoms with E-state index in [-0.39, 0.29) is 5.91 Å². The Morgan fingerprint density at radius 2 is 2.23 bits per heavy atom. The lowest BCUT2D eigenvalue weighted by Crippen LogP contribution is -2.25. The standard InChI is InChI=1S/C17H18BrN3O/c1-21-6-2-3-13-7-12(4-5-16(13)21)9-20-17(22)14-8-15(18)11-19-10-14/h4-5,7-8,10-11H,2-3,6,9H2,1H3,(H,20,22). The first-order chi connectivity index (χ1) is 10.6. The lowest BCUT2D eigenvalue weighted by molar-refractivity contribution is 0.0950. The van der Waals surface area contributed by atoms with Gasteiger partial charge >= 0.3 is 0 Å². The van der Waals surface area contributed by atoms with E-state index in [9.17, 15) is 4.79 Å². The second kappa shape index (κ2) is 6.48. The van der Waals surface area contributed by atoms with Crippen LogP contribution in [0.25, 0.3) is 0 Å². The maximum absolute atomic E-state index is 12.1. The van der Waals surface area contributed by atoms with Crippen molar-refractivity contribution in [1.82, 2.24) is 10.3 Å². The number of anilines is 1. The third-order valence-corrected chi connectivity index (χ3v) is 4.35. The highest BCUT2D eigenvalue weighted by Gasteiger charge is 2.14. The van der Waals surface area contributed by atoms with Gasteiger partial charge in [-0.15, -0.1) is 0 Å². The average Bonchev–Trinajstić information content (AvgIpc) is 2.53. The summed E-state index contributed by atoms with van der Waals surface area (Å²) in [5.74, 6) is -0.108. The van der Waals surface area contributed by atoms with Crippen LogP contribution in [0.1, 0.15) is 27.9 Å². The Kier molecular flexibility index (Phi) is 4.43. The number of benzene rings is 1. The monoisotopic (exact) mass is 359 g/mol. The zero-order valence-electron chi connectivity index (χ0n) is 12.5. The molecule has 0 atom stereocenters. The molecule has 22 heavy (non-hydrogen) atoms. The lowest BCUT2D eigenvalue weighted by Gasteiger charge is -2.27. The zero-order valence-corrected chi connectivity index (χ0v) is 14.1. The molecule has 2 heterocycles. The molecular formula is C17H18BrN3O. The number of carbonyl (C=O) groups is 1. The summed E-state index contributed by atoms with van der Waals surface area (Å²) in [5, 5.41) is 2.95. The molecule has 1 aliphatic rings. The minimum absolute atomic E-state index is 0.108. The molecule has 0 saturated heterocycles. The summed E-state index contributed by atoms with van der Waals surface area (Å²) in [6.45, 7) is 1.64. The third-order valence-electron chi connectivity index (χ3n) is 3.91. The van der Waals surface area contributed by atoms with Crippen LogP contribution in [0.2, 0.25) is 0 Å². The third kappa shape index (κ3) is 3.30. The van der Waals surface area contributed by atoms with Gasteiger partial charge in [-0.2, -0.15) is 0 Å². The largest absolute Gasteiger partial charge is 0.374 e. The molecule has 5 heteroatoms. The van der Waals surface area contributed by atoms with Crippen molar-refractivity contribution in [3.8, 4) is 0 Å². The van der Waals surface area contributed by atoms with Crippen molar-refractivity contribution >= 4 is 27.5 Å². The van der Waals surface area contributed by atoms with Crippen molar-refractivity contribution in [3.05, 3.63) is 57.8 Å². The Bertz CT molecular complexity index is 702. The van der Waals surface area contributed by atoms with E-state index in [4.69, 9.17) is 0 Å². The van der Waals surface area contributed by atoms with Gasteiger partial charge in [0.25, 0.3) is 5.91 Å². The summed E-state index contributed by atoms with van der Waals surface area (Å²) in [4.78, 5) is 18.4. The zero-order chi connectivity index (χ0) is 15.5. The average molecular weight is 360 g/mol. The fourth-order valence-electron chi connectivity index (χ4n) is 2.77. The van der Waals surface area contributed by atoms with Crippen LogP contribution in [0.3, 0.4) is 0 Å². The summed E-state index contributed by atoms with van der Waals surface area (Å²) < 4.78 is 0.803. The fraction of sp³-hybridized carbons (Fsp3) is 0.294. The molecule has 1 aromatic carbocycles. The van der Waals surface area contributed by atoms with Gasteiger partial charge in [-0.05, 0) is 52.0 Å². The SMILES string of the molecule is CN1CCCc2cc(CNC(=O)c3cncc(Br)c3)ccc21. The Morgan fingerprint density at radius 1 is 1.36 bits per heavy atom. The van der Waals surface area contributed by atoms with Gasteiger partial charge in [-0.3, -0.25) is 9.78 Å². The lowest BCUT2D eigenvalue weighted by atomic mass is 9.99. The van der Waals surface area contributed by atoms with Gasteiger partial charge in [0.2, 0.25) is 0 Å². The van der Waals surface area contributed by atoms with Gasteiger partial charge in [-0.1, -0.05) is 12.1 Å². The van der Waals surface area contributed by atoms with Crippen LogP contribution in [-0.4, -0.2) is 24.5 Å². The molecule has 114 valence electrons. The van der Waals surface area contributed by atoms with E-state index >= 15 is 0 Å². The number of halogens is 1. The number of rotatable bonds is 3. The number of nitrogens with one attached hydrogen (secondary N) is 1. The molecule has 0 spiro atoms. The molecule has 1 aliphatic heterocycles. The molecule has 3 rings (SSSR count). The Hall–Kier alpha value is -1.88. The van der Waals surface area contributed by atoms with E-state index in [0.717, 1.165) is 23.0 Å². The summed E-state index contributed by atoms with van der Waals surface area (Å²) in [6, 6.07) is 8.20. The highest BCUT2D eigenvalue weighted by atomic mass is 79.9. The fourth-order valence-corrected chi connectivity index (χ4v) is 3.13. The molecule has 0 saturated carbocycles. The molecule has 0 bridgehead atoms. The number of pyridine rings is 1. The number of amides is 1. The minimum Gasteiger partial charge on any atom is -0.374 e. The van der Waals surface area contributed by atoms with E-state index < -0.39 is 0 Å². The van der Waals surface area contributed by atoms with E-state index in [2.05, 4.69) is 56.4 Å². The maximum Gasteiger partial charge on any atom is 0.253 e. The number of nitrogens with zero attached hydrogens (tertiary/aromatic N) is 2. The molecule has 1 aromatic heterocycles. The Morgan fingerprint density at radius 3 is 3.05 bits per heavy atom. The second-order valence-electron chi connectivity index (χ2n) is 5.56. The van der Waals surface area contributed by atoms with Crippen molar-refractivity contribution < 1.29 is 4.79 Å². The first-order valence-corrected chi connectivity index (χ1v) is 8.14. The predicted octanol–water partition coefficient (Wildman–Crippen LogP) is 3.16. The van der Waals surface area contributed by atoms with Crippen molar-refractivity contribution in [2.75, 3.05) is 18.5 Å². The minimum atomic E-state index is -0.108. The van der Waals surface area contributed by atoms with Crippen molar-refractivity contribution in [2.24, 2.45) is 0 Å². The Labute approximate surface area is 138 Å². The van der Waals surface area contributed by atoms with E-state index in [1.165, 1.54) is 17.7 Å². The second-order valence-corrected chi connectivity index (χ2v) is 6.48. The van der Waals surface area contributed by atoms with Gasteiger partial charge in [0, 0.05) is 42.7 Å². The predicted molar refractivity (Wildman–Crippen MR) is 91.1 cm³/mol. The summed E-state index contributed by atoms with van der Waals surface area (Å²) in [6.07, 6.45) is 5.53. The van der Waals surface area contributed by atoms with Gasteiger partial charge in [0.1, 0.15) is 0 Å². The summed E-state index contributed by atoms with van der Waals surface area (Å²) in [7, 11) is 2.12. The molecule has 0 radical (unpaired) electrons. The van der Waals surface area contributed by atoms with Gasteiger partial charge < -0.3 is 10.2 Å². The molecule has 0 aliphatic carbocycles. The van der Waals surface area contributed by atoms with Crippen LogP contribution < -0.4 is 10.2 Å². The molecule has 1 amide bonds. The van der Waals surface area contributed by atoms with Gasteiger partial charge in [-0.25, -0.2) is 0 Å². The van der Waals surface area contributed by atoms with Crippen LogP contribution in [-0.2, 0) is 13.0 Å². The summed E-state index contributed by atoms with van der Waals surface area (Å²) >= 11 is 3.33. The van der Waals surface area contributed by atoms with Crippen molar-refractivity contribution in [1.29, 1.82) is 0 Å². The number of hydrogen-bond acceptors (Lipinski definition) is 3. The number of aryl methyl sites for hydroxylation is 1. The van der Waals surface area contributed by atoms with Crippen LogP contribution in [0.15, 0.2) is 41.1 Å². The topological polar surface area (TPSA) is 45.2 Å². The molecular weight excluding hydrogens is 342 g/mol. The van der Waals surface area contributed by atoms with Gasteiger partial charge in [0.05, 0.1) is 5.56 Å². The van der Waals surface area contributed by atoms with Crippen LogP contribution in [0.5, 0.6) is 0 Å². The maximum atomic E-state index is 12.1. The van der Waals surface area contributed by atoms with E-state index in [0.29, 0.717) is 12.1 Å². The quantitative estimate of drug-likeness (QED) is 0.915. The highest BCUT2D eigenvalue weighted by molar-refractivity contribution is 9.10. The number of aromatic nitrogens is 1. The molecule has 0 unspecified atom stereocenters. The number of hydrogen-bond donors (Lipinski definition) is 1. The van der Waals surface area contributed by atoms with E-state index in [1.807, 2.05) is 0 Å². The van der Waals surface area contributed by atoms with Crippen molar-refractivity contribution in [2.45, 2.75) is 19.4 Å². The molecule has 2 aromatic rings. The van der Waals surface area contributed by atoms with Crippen molar-refractivity contribution in [3.63, 3.8) is 0 Å². The summed E-state index contributed by atoms with van der Waals surface area (Å²) in [5.41, 5.74) is 4.36. The van der Waals surface area contributed by atoms with E-state index in [1.54, 1.807) is 18.5 Å². The smallest absolute Gasteiger partial charge is 0.253 e. The molecule has 4 nitrogen and oxygen atoms in total. The van der Waals surface area contributed by atoms with Crippen LogP contribution >= 0.6 is 15.9 Å². The number of fused-ring (bicyclic) bond motifs is 1. The Balaban J connectivity index is 1.68. The first kappa shape index (κ1) is 15.0. The number of carbonyl (C=O) groups excluding carboxylic acids is 1. The normalized spacial score (nSPS) is 13.6. The van der Waals surface area contributed by atoms with Crippen LogP contribution in [0.4, 0.5) is 5.69 Å².